The minimum Gasteiger partial charge on any atom is -0.463 e. The molecule has 1 atom stereocenters. The molecule has 0 N–H and O–H groups in total. The van der Waals surface area contributed by atoms with Gasteiger partial charge in [-0.15, -0.1) is 4.73 Å². The van der Waals surface area contributed by atoms with Crippen LogP contribution in [-0.4, -0.2) is 38.2 Å². The van der Waals surface area contributed by atoms with E-state index in [1.54, 1.807) is 31.2 Å². The van der Waals surface area contributed by atoms with Gasteiger partial charge in [-0.05, 0) is 45.9 Å². The monoisotopic (exact) mass is 356 g/mol. The molecular weight excluding hydrogens is 336 g/mol. The number of rotatable bonds is 5. The Morgan fingerprint density at radius 2 is 2.00 bits per heavy atom. The first-order valence-electron chi connectivity index (χ1n) is 8.31. The second kappa shape index (κ2) is 6.99. The number of aryl methyl sites for hydroxylation is 2. The summed E-state index contributed by atoms with van der Waals surface area (Å²) < 4.78 is 7.47. The molecule has 0 bridgehead atoms. The number of hydrogen-bond donors (Lipinski definition) is 0. The maximum atomic E-state index is 13.0. The molecule has 8 heteroatoms. The molecule has 0 saturated carbocycles. The van der Waals surface area contributed by atoms with Crippen LogP contribution >= 0.6 is 0 Å². The van der Waals surface area contributed by atoms with E-state index in [1.807, 2.05) is 19.9 Å². The van der Waals surface area contributed by atoms with Crippen LogP contribution in [0.4, 0.5) is 0 Å². The van der Waals surface area contributed by atoms with Gasteiger partial charge in [0.2, 0.25) is 6.10 Å². The Kier molecular flexibility index (Phi) is 4.75. The molecule has 0 spiro atoms. The Bertz CT molecular complexity index is 1020. The van der Waals surface area contributed by atoms with Crippen LogP contribution in [0.1, 0.15) is 25.2 Å². The van der Waals surface area contributed by atoms with Crippen LogP contribution in [0.2, 0.25) is 0 Å². The van der Waals surface area contributed by atoms with Gasteiger partial charge in [-0.1, -0.05) is 12.1 Å². The van der Waals surface area contributed by atoms with E-state index in [2.05, 4.69) is 10.1 Å². The van der Waals surface area contributed by atoms with E-state index < -0.39 is 17.6 Å². The Morgan fingerprint density at radius 3 is 2.65 bits per heavy atom. The second-order valence-electron chi connectivity index (χ2n) is 5.87. The van der Waals surface area contributed by atoms with Crippen molar-refractivity contribution < 1.29 is 14.4 Å². The van der Waals surface area contributed by atoms with Gasteiger partial charge >= 0.3 is 5.97 Å². The van der Waals surface area contributed by atoms with Crippen molar-refractivity contribution in [2.45, 2.75) is 33.8 Å². The summed E-state index contributed by atoms with van der Waals surface area (Å²) in [5, 5.41) is 4.76. The van der Waals surface area contributed by atoms with Crippen molar-refractivity contribution in [3.05, 3.63) is 52.1 Å². The lowest BCUT2D eigenvalue weighted by Gasteiger charge is -2.18. The predicted octanol–water partition coefficient (Wildman–Crippen LogP) is 1.58. The maximum Gasteiger partial charge on any atom is 0.349 e. The Hall–Kier alpha value is -3.16. The molecule has 0 fully saturated rings. The first kappa shape index (κ1) is 17.7. The average molecular weight is 356 g/mol. The van der Waals surface area contributed by atoms with Gasteiger partial charge in [0.05, 0.1) is 23.2 Å². The fourth-order valence-electron chi connectivity index (χ4n) is 2.63. The second-order valence-corrected chi connectivity index (χ2v) is 5.87. The third kappa shape index (κ3) is 3.17. The molecule has 0 amide bonds. The van der Waals surface area contributed by atoms with Gasteiger partial charge in [0, 0.05) is 5.69 Å². The van der Waals surface area contributed by atoms with E-state index in [0.717, 1.165) is 16.1 Å². The van der Waals surface area contributed by atoms with E-state index in [4.69, 9.17) is 9.57 Å². The average Bonchev–Trinajstić information content (AvgIpc) is 2.95. The third-order valence-electron chi connectivity index (χ3n) is 3.80. The number of aromatic nitrogens is 4. The summed E-state index contributed by atoms with van der Waals surface area (Å²) in [6, 6.07) is 8.80. The van der Waals surface area contributed by atoms with Crippen molar-refractivity contribution in [2.75, 3.05) is 6.61 Å². The lowest BCUT2D eigenvalue weighted by atomic mass is 10.2. The van der Waals surface area contributed by atoms with Crippen LogP contribution < -0.4 is 10.4 Å². The summed E-state index contributed by atoms with van der Waals surface area (Å²) >= 11 is 0. The van der Waals surface area contributed by atoms with E-state index in [9.17, 15) is 9.59 Å². The lowest BCUT2D eigenvalue weighted by molar-refractivity contribution is -0.156. The molecule has 2 aromatic heterocycles. The number of benzene rings is 1. The van der Waals surface area contributed by atoms with Crippen molar-refractivity contribution >= 4 is 16.9 Å². The van der Waals surface area contributed by atoms with E-state index >= 15 is 0 Å². The highest BCUT2D eigenvalue weighted by molar-refractivity contribution is 5.78. The van der Waals surface area contributed by atoms with Gasteiger partial charge in [-0.25, -0.2) is 14.5 Å². The number of esters is 1. The predicted molar refractivity (Wildman–Crippen MR) is 95.3 cm³/mol. The molecule has 1 aromatic carbocycles. The number of nitrogens with zero attached hydrogens (tertiary/aromatic N) is 4. The molecule has 3 rings (SSSR count). The Labute approximate surface area is 149 Å². The first-order valence-corrected chi connectivity index (χ1v) is 8.31. The molecule has 0 aliphatic heterocycles. The van der Waals surface area contributed by atoms with Crippen LogP contribution in [0.5, 0.6) is 0 Å². The van der Waals surface area contributed by atoms with Crippen molar-refractivity contribution in [3.8, 4) is 5.95 Å². The summed E-state index contributed by atoms with van der Waals surface area (Å²) in [7, 11) is 0. The molecule has 0 saturated heterocycles. The summed E-state index contributed by atoms with van der Waals surface area (Å²) in [6.45, 7) is 7.14. The number of carbonyl (C=O) groups is 1. The topological polar surface area (TPSA) is 88.2 Å². The normalized spacial score (nSPS) is 12.2. The quantitative estimate of drug-likeness (QED) is 0.645. The zero-order valence-electron chi connectivity index (χ0n) is 15.1. The summed E-state index contributed by atoms with van der Waals surface area (Å²) in [4.78, 5) is 35.0. The zero-order valence-corrected chi connectivity index (χ0v) is 15.1. The smallest absolute Gasteiger partial charge is 0.349 e. The van der Waals surface area contributed by atoms with Gasteiger partial charge < -0.3 is 9.57 Å². The Balaban J connectivity index is 2.20. The molecule has 0 unspecified atom stereocenters. The van der Waals surface area contributed by atoms with Crippen molar-refractivity contribution in [1.82, 2.24) is 19.5 Å². The molecule has 0 aliphatic rings. The standard InChI is InChI=1S/C18H20N4O4/c1-5-25-17(24)13(4)26-22-16(23)14-8-6-7-9-15(14)19-18(22)21-12(3)10-11(2)20-21/h6-10,13H,5H2,1-4H3/t13-/m0/s1. The molecule has 2 heterocycles. The van der Waals surface area contributed by atoms with E-state index in [-0.39, 0.29) is 12.6 Å². The highest BCUT2D eigenvalue weighted by atomic mass is 16.7. The number of carbonyl (C=O) groups excluding carboxylic acids is 1. The lowest BCUT2D eigenvalue weighted by Crippen LogP contribution is -2.40. The fraction of sp³-hybridized carbons (Fsp3) is 0.333. The molecule has 8 nitrogen and oxygen atoms in total. The molecule has 26 heavy (non-hydrogen) atoms. The zero-order chi connectivity index (χ0) is 18.8. The van der Waals surface area contributed by atoms with Crippen LogP contribution in [0.25, 0.3) is 16.9 Å². The molecule has 0 radical (unpaired) electrons. The maximum absolute atomic E-state index is 13.0. The van der Waals surface area contributed by atoms with Crippen LogP contribution in [0.3, 0.4) is 0 Å². The van der Waals surface area contributed by atoms with Crippen molar-refractivity contribution in [2.24, 2.45) is 0 Å². The highest BCUT2D eigenvalue weighted by Crippen LogP contribution is 2.13. The number of ether oxygens (including phenoxy) is 1. The van der Waals surface area contributed by atoms with E-state index in [0.29, 0.717) is 10.9 Å². The third-order valence-corrected chi connectivity index (χ3v) is 3.80. The number of fused-ring (bicyclic) bond motifs is 1. The summed E-state index contributed by atoms with van der Waals surface area (Å²) in [5.41, 5.74) is 1.65. The molecule has 3 aromatic rings. The molecule has 136 valence electrons. The first-order chi connectivity index (χ1) is 12.4. The fourth-order valence-corrected chi connectivity index (χ4v) is 2.63. The van der Waals surface area contributed by atoms with Crippen LogP contribution in [0.15, 0.2) is 35.1 Å². The van der Waals surface area contributed by atoms with Crippen LogP contribution in [-0.2, 0) is 9.53 Å². The minimum atomic E-state index is -0.980. The van der Waals surface area contributed by atoms with Gasteiger partial charge in [0.25, 0.3) is 11.5 Å². The molecule has 0 aliphatic carbocycles. The van der Waals surface area contributed by atoms with Crippen LogP contribution in [0, 0.1) is 13.8 Å². The van der Waals surface area contributed by atoms with Gasteiger partial charge in [-0.3, -0.25) is 4.79 Å². The number of para-hydroxylation sites is 1. The van der Waals surface area contributed by atoms with Gasteiger partial charge in [-0.2, -0.15) is 5.10 Å². The van der Waals surface area contributed by atoms with Gasteiger partial charge in [0.1, 0.15) is 0 Å². The highest BCUT2D eigenvalue weighted by Gasteiger charge is 2.22. The SMILES string of the molecule is CCOC(=O)[C@H](C)On1c(-n2nc(C)cc2C)nc2ccccc2c1=O. The van der Waals surface area contributed by atoms with Crippen molar-refractivity contribution in [3.63, 3.8) is 0 Å². The molecular formula is C18H20N4O4. The largest absolute Gasteiger partial charge is 0.463 e. The summed E-state index contributed by atoms with van der Waals surface area (Å²) in [6.07, 6.45) is -0.980. The minimum absolute atomic E-state index is 0.176. The number of hydrogen-bond acceptors (Lipinski definition) is 6. The van der Waals surface area contributed by atoms with E-state index in [1.165, 1.54) is 11.6 Å². The van der Waals surface area contributed by atoms with Gasteiger partial charge in [0.15, 0.2) is 0 Å². The Morgan fingerprint density at radius 1 is 1.27 bits per heavy atom. The van der Waals surface area contributed by atoms with Crippen molar-refractivity contribution in [1.29, 1.82) is 0 Å². The summed E-state index contributed by atoms with van der Waals surface area (Å²) in [5.74, 6) is -0.387.